The topological polar surface area (TPSA) is 66.4 Å². The minimum Gasteiger partial charge on any atom is -0.480 e. The van der Waals surface area contributed by atoms with Gasteiger partial charge in [-0.1, -0.05) is 0 Å². The van der Waals surface area contributed by atoms with E-state index < -0.39 is 23.6 Å². The van der Waals surface area contributed by atoms with Gasteiger partial charge in [-0.2, -0.15) is 0 Å². The average Bonchev–Trinajstić information content (AvgIpc) is 1.85. The Balaban J connectivity index is 4.11. The zero-order valence-electron chi connectivity index (χ0n) is 7.22. The maximum Gasteiger partial charge on any atom is 0.325 e. The summed E-state index contributed by atoms with van der Waals surface area (Å²) in [5.41, 5.74) is -2.04. The number of carbonyl (C=O) groups is 2. The van der Waals surface area contributed by atoms with Gasteiger partial charge in [0.25, 0.3) is 5.91 Å². The number of nitrogens with one attached hydrogen (secondary N) is 1. The first-order chi connectivity index (χ1) is 5.25. The Bertz CT molecular complexity index is 197. The molecular weight excluding hydrogens is 165 g/mol. The van der Waals surface area contributed by atoms with Crippen LogP contribution < -0.4 is 5.32 Å². The van der Waals surface area contributed by atoms with E-state index in [0.717, 1.165) is 13.8 Å². The van der Waals surface area contributed by atoms with E-state index in [1.165, 1.54) is 6.92 Å². The Morgan fingerprint density at radius 1 is 1.50 bits per heavy atom. The average molecular weight is 177 g/mol. The number of alkyl halides is 1. The van der Waals surface area contributed by atoms with Gasteiger partial charge in [0.2, 0.25) is 0 Å². The third-order valence-electron chi connectivity index (χ3n) is 1.26. The molecule has 0 aromatic heterocycles. The second kappa shape index (κ2) is 3.51. The molecule has 0 saturated carbocycles. The Morgan fingerprint density at radius 3 is 2.17 bits per heavy atom. The van der Waals surface area contributed by atoms with E-state index in [2.05, 4.69) is 0 Å². The monoisotopic (exact) mass is 177 g/mol. The largest absolute Gasteiger partial charge is 0.480 e. The van der Waals surface area contributed by atoms with Crippen LogP contribution in [0, 0.1) is 0 Å². The van der Waals surface area contributed by atoms with Crippen LogP contribution in [0.4, 0.5) is 4.39 Å². The molecule has 4 nitrogen and oxygen atoms in total. The van der Waals surface area contributed by atoms with Gasteiger partial charge in [0.05, 0.1) is 0 Å². The van der Waals surface area contributed by atoms with E-state index >= 15 is 0 Å². The second-order valence-electron chi connectivity index (χ2n) is 3.01. The van der Waals surface area contributed by atoms with Crippen LogP contribution in [0.3, 0.4) is 0 Å². The number of carbonyl (C=O) groups excluding carboxylic acids is 1. The van der Waals surface area contributed by atoms with Gasteiger partial charge in [-0.05, 0) is 20.8 Å². The lowest BCUT2D eigenvalue weighted by molar-refractivity contribution is -0.143. The first kappa shape index (κ1) is 10.9. The third-order valence-corrected chi connectivity index (χ3v) is 1.26. The molecule has 0 aliphatic heterocycles. The summed E-state index contributed by atoms with van der Waals surface area (Å²) in [6.45, 7) is 3.40. The fraction of sp³-hybridized carbons (Fsp3) is 0.714. The maximum atomic E-state index is 12.8. The van der Waals surface area contributed by atoms with E-state index in [9.17, 15) is 14.0 Å². The molecule has 5 heteroatoms. The standard InChI is InChI=1S/C7H12FNO3/c1-4(5(10)11)9-6(12)7(2,3)8/h4H,1-3H3,(H,9,12)(H,10,11)/t4-/m0/s1. The molecule has 0 fully saturated rings. The summed E-state index contributed by atoms with van der Waals surface area (Å²) in [5.74, 6) is -2.11. The minimum absolute atomic E-state index is 0.919. The summed E-state index contributed by atoms with van der Waals surface area (Å²) < 4.78 is 12.8. The molecule has 70 valence electrons. The highest BCUT2D eigenvalue weighted by Crippen LogP contribution is 2.07. The fourth-order valence-corrected chi connectivity index (χ4v) is 0.430. The third kappa shape index (κ3) is 3.32. The molecule has 0 spiro atoms. The molecule has 2 N–H and O–H groups in total. The first-order valence-electron chi connectivity index (χ1n) is 3.48. The van der Waals surface area contributed by atoms with Crippen LogP contribution in [0.15, 0.2) is 0 Å². The maximum absolute atomic E-state index is 12.8. The molecule has 0 bridgehead atoms. The molecule has 0 rings (SSSR count). The fourth-order valence-electron chi connectivity index (χ4n) is 0.430. The summed E-state index contributed by atoms with van der Waals surface area (Å²) in [5, 5.41) is 10.4. The highest BCUT2D eigenvalue weighted by atomic mass is 19.1. The van der Waals surface area contributed by atoms with Crippen molar-refractivity contribution in [2.45, 2.75) is 32.5 Å². The van der Waals surface area contributed by atoms with Crippen molar-refractivity contribution < 1.29 is 19.1 Å². The van der Waals surface area contributed by atoms with Crippen LogP contribution in [-0.4, -0.2) is 28.7 Å². The van der Waals surface area contributed by atoms with Gasteiger partial charge in [-0.3, -0.25) is 9.59 Å². The molecule has 0 heterocycles. The summed E-state index contributed by atoms with van der Waals surface area (Å²) in [6, 6.07) is -1.06. The molecule has 0 aromatic rings. The van der Waals surface area contributed by atoms with Gasteiger partial charge in [-0.15, -0.1) is 0 Å². The van der Waals surface area contributed by atoms with Crippen molar-refractivity contribution in [3.05, 3.63) is 0 Å². The first-order valence-corrected chi connectivity index (χ1v) is 3.48. The van der Waals surface area contributed by atoms with Crippen LogP contribution in [0.5, 0.6) is 0 Å². The number of amides is 1. The Hall–Kier alpha value is -1.13. The highest BCUT2D eigenvalue weighted by molar-refractivity contribution is 5.88. The van der Waals surface area contributed by atoms with E-state index in [0.29, 0.717) is 0 Å². The molecule has 1 amide bonds. The molecule has 0 radical (unpaired) electrons. The number of carboxylic acids is 1. The molecule has 0 aliphatic rings. The number of carboxylic acid groups (broad SMARTS) is 1. The highest BCUT2D eigenvalue weighted by Gasteiger charge is 2.28. The van der Waals surface area contributed by atoms with Gasteiger partial charge in [0.15, 0.2) is 5.67 Å². The van der Waals surface area contributed by atoms with Gasteiger partial charge >= 0.3 is 5.97 Å². The smallest absolute Gasteiger partial charge is 0.325 e. The predicted molar refractivity (Wildman–Crippen MR) is 40.4 cm³/mol. The van der Waals surface area contributed by atoms with Crippen molar-refractivity contribution in [2.75, 3.05) is 0 Å². The number of halogens is 1. The van der Waals surface area contributed by atoms with Crippen molar-refractivity contribution in [2.24, 2.45) is 0 Å². The minimum atomic E-state index is -2.04. The van der Waals surface area contributed by atoms with Crippen LogP contribution in [0.25, 0.3) is 0 Å². The van der Waals surface area contributed by atoms with Crippen molar-refractivity contribution >= 4 is 11.9 Å². The van der Waals surface area contributed by atoms with Crippen molar-refractivity contribution in [3.8, 4) is 0 Å². The second-order valence-corrected chi connectivity index (χ2v) is 3.01. The molecule has 1 atom stereocenters. The van der Waals surface area contributed by atoms with Crippen LogP contribution in [0.2, 0.25) is 0 Å². The Kier molecular flexibility index (Phi) is 3.18. The van der Waals surface area contributed by atoms with Crippen molar-refractivity contribution in [3.63, 3.8) is 0 Å². The summed E-state index contributed by atoms with van der Waals surface area (Å²) >= 11 is 0. The lowest BCUT2D eigenvalue weighted by Crippen LogP contribution is -2.46. The Morgan fingerprint density at radius 2 is 1.92 bits per heavy atom. The molecule has 0 aliphatic carbocycles. The quantitative estimate of drug-likeness (QED) is 0.652. The van der Waals surface area contributed by atoms with Crippen LogP contribution >= 0.6 is 0 Å². The summed E-state index contributed by atoms with van der Waals surface area (Å²) in [7, 11) is 0. The number of aliphatic carboxylic acids is 1. The van der Waals surface area contributed by atoms with E-state index in [1.54, 1.807) is 0 Å². The van der Waals surface area contributed by atoms with Crippen LogP contribution in [-0.2, 0) is 9.59 Å². The zero-order chi connectivity index (χ0) is 9.94. The lowest BCUT2D eigenvalue weighted by atomic mass is 10.1. The van der Waals surface area contributed by atoms with Gasteiger partial charge < -0.3 is 10.4 Å². The number of hydrogen-bond donors (Lipinski definition) is 2. The SMILES string of the molecule is C[C@H](NC(=O)C(C)(C)F)C(=O)O. The van der Waals surface area contributed by atoms with Crippen molar-refractivity contribution in [1.82, 2.24) is 5.32 Å². The Labute approximate surface area is 69.8 Å². The molecular formula is C7H12FNO3. The summed E-state index contributed by atoms with van der Waals surface area (Å²) in [6.07, 6.45) is 0. The number of hydrogen-bond acceptors (Lipinski definition) is 2. The zero-order valence-corrected chi connectivity index (χ0v) is 7.22. The molecule has 0 aromatic carbocycles. The van der Waals surface area contributed by atoms with Crippen molar-refractivity contribution in [1.29, 1.82) is 0 Å². The van der Waals surface area contributed by atoms with E-state index in [-0.39, 0.29) is 0 Å². The summed E-state index contributed by atoms with van der Waals surface area (Å²) in [4.78, 5) is 21.1. The molecule has 0 unspecified atom stereocenters. The molecule has 0 saturated heterocycles. The van der Waals surface area contributed by atoms with Gasteiger partial charge in [0, 0.05) is 0 Å². The predicted octanol–water partition coefficient (Wildman–Crippen LogP) is 0.324. The van der Waals surface area contributed by atoms with E-state index in [4.69, 9.17) is 5.11 Å². The van der Waals surface area contributed by atoms with Gasteiger partial charge in [0.1, 0.15) is 6.04 Å². The van der Waals surface area contributed by atoms with Gasteiger partial charge in [-0.25, -0.2) is 4.39 Å². The van der Waals surface area contributed by atoms with E-state index in [1.807, 2.05) is 5.32 Å². The van der Waals surface area contributed by atoms with Crippen LogP contribution in [0.1, 0.15) is 20.8 Å². The molecule has 12 heavy (non-hydrogen) atoms. The number of rotatable bonds is 3. The lowest BCUT2D eigenvalue weighted by Gasteiger charge is -2.16. The normalized spacial score (nSPS) is 13.7.